The fourth-order valence-electron chi connectivity index (χ4n) is 2.79. The van der Waals surface area contributed by atoms with E-state index >= 15 is 0 Å². The van der Waals surface area contributed by atoms with Gasteiger partial charge in [-0.25, -0.2) is 0 Å². The molecule has 0 aliphatic heterocycles. The smallest absolute Gasteiger partial charge is 0.297 e. The molecule has 0 bridgehead atoms. The molecule has 0 radical (unpaired) electrons. The van der Waals surface area contributed by atoms with E-state index < -0.39 is 10.1 Å². The minimum absolute atomic E-state index is 0.0535. The fourth-order valence-corrected chi connectivity index (χ4v) is 3.68. The van der Waals surface area contributed by atoms with Crippen molar-refractivity contribution in [1.29, 1.82) is 0 Å². The minimum Gasteiger partial charge on any atom is -0.378 e. The van der Waals surface area contributed by atoms with Crippen LogP contribution in [0.1, 0.15) is 5.56 Å². The third kappa shape index (κ3) is 22.2. The van der Waals surface area contributed by atoms with Gasteiger partial charge in [0.1, 0.15) is 0 Å². The van der Waals surface area contributed by atoms with E-state index in [1.165, 1.54) is 12.1 Å². The molecule has 0 aromatic heterocycles. The molecule has 0 atom stereocenters. The third-order valence-electron chi connectivity index (χ3n) is 4.88. The summed E-state index contributed by atoms with van der Waals surface area (Å²) < 4.78 is 72.2. The van der Waals surface area contributed by atoms with Gasteiger partial charge in [-0.15, -0.1) is 0 Å². The summed E-state index contributed by atoms with van der Waals surface area (Å²) >= 11 is 0. The van der Waals surface area contributed by atoms with E-state index in [0.29, 0.717) is 99.1 Å². The topological polar surface area (TPSA) is 129 Å². The van der Waals surface area contributed by atoms with Gasteiger partial charge in [0, 0.05) is 6.54 Å². The molecule has 1 aromatic rings. The minimum atomic E-state index is -3.76. The van der Waals surface area contributed by atoms with E-state index in [4.69, 9.17) is 42.1 Å². The van der Waals surface area contributed by atoms with E-state index in [2.05, 4.69) is 5.32 Å². The molecule has 0 unspecified atom stereocenters. The zero-order chi connectivity index (χ0) is 28.3. The first-order valence-corrected chi connectivity index (χ1v) is 14.7. The van der Waals surface area contributed by atoms with Gasteiger partial charge in [-0.1, -0.05) is 17.7 Å². The molecule has 1 N–H and O–H groups in total. The molecular weight excluding hydrogens is 534 g/mol. The monoisotopic (exact) mass is 581 g/mol. The van der Waals surface area contributed by atoms with Gasteiger partial charge < -0.3 is 43.2 Å². The van der Waals surface area contributed by atoms with Gasteiger partial charge >= 0.3 is 0 Å². The molecule has 0 aliphatic carbocycles. The van der Waals surface area contributed by atoms with Crippen LogP contribution in [-0.2, 0) is 52.2 Å². The van der Waals surface area contributed by atoms with Crippen LogP contribution < -0.4 is 5.32 Å². The maximum atomic E-state index is 12.0. The average Bonchev–Trinajstić information content (AvgIpc) is 2.93. The van der Waals surface area contributed by atoms with Crippen molar-refractivity contribution in [3.05, 3.63) is 29.8 Å². The van der Waals surface area contributed by atoms with Gasteiger partial charge in [-0.3, -0.25) is 4.18 Å². The summed E-state index contributed by atoms with van der Waals surface area (Å²) in [6, 6.07) is 6.49. The second-order valence-electron chi connectivity index (χ2n) is 8.09. The Hall–Kier alpha value is -1.23. The van der Waals surface area contributed by atoms with Crippen molar-refractivity contribution >= 4 is 10.1 Å². The summed E-state index contributed by atoms with van der Waals surface area (Å²) in [5, 5.41) is 3.01. The van der Waals surface area contributed by atoms with Crippen LogP contribution in [0.3, 0.4) is 0 Å². The summed E-state index contributed by atoms with van der Waals surface area (Å²) in [6.07, 6.45) is 0. The van der Waals surface area contributed by atoms with Gasteiger partial charge in [0.15, 0.2) is 0 Å². The zero-order valence-corrected chi connectivity index (χ0v) is 24.3. The summed E-state index contributed by atoms with van der Waals surface area (Å²) in [4.78, 5) is 0.132. The Morgan fingerprint density at radius 3 is 1.15 bits per heavy atom. The van der Waals surface area contributed by atoms with Crippen LogP contribution >= 0.6 is 0 Å². The SMILES string of the molecule is CNCCOCCOCCOCCOCCOCCOCCOCCOCCOS(=O)(=O)c1ccc(C)cc1. The molecule has 0 amide bonds. The number of hydrogen-bond donors (Lipinski definition) is 1. The van der Waals surface area contributed by atoms with Gasteiger partial charge in [0.05, 0.1) is 117 Å². The Morgan fingerprint density at radius 2 is 0.821 bits per heavy atom. The standard InChI is InChI=1S/C26H47NO11S/c1-25-3-5-26(6-4-25)39(28,29)38-24-23-37-22-21-36-20-19-35-18-17-34-16-15-33-14-13-32-12-11-31-10-9-30-8-7-27-2/h3-6,27H,7-24H2,1-2H3. The lowest BCUT2D eigenvalue weighted by Crippen LogP contribution is -2.17. The molecule has 0 aliphatic rings. The highest BCUT2D eigenvalue weighted by Gasteiger charge is 2.14. The van der Waals surface area contributed by atoms with E-state index in [1.54, 1.807) is 12.1 Å². The van der Waals surface area contributed by atoms with Gasteiger partial charge in [-0.2, -0.15) is 8.42 Å². The second kappa shape index (κ2) is 25.7. The number of rotatable bonds is 29. The van der Waals surface area contributed by atoms with E-state index in [9.17, 15) is 8.42 Å². The van der Waals surface area contributed by atoms with Crippen molar-refractivity contribution < 1.29 is 50.5 Å². The molecule has 12 nitrogen and oxygen atoms in total. The number of hydrogen-bond acceptors (Lipinski definition) is 12. The Morgan fingerprint density at radius 1 is 0.513 bits per heavy atom. The predicted octanol–water partition coefficient (Wildman–Crippen LogP) is 1.05. The lowest BCUT2D eigenvalue weighted by Gasteiger charge is -2.09. The zero-order valence-electron chi connectivity index (χ0n) is 23.4. The Kier molecular flexibility index (Phi) is 23.6. The first-order valence-electron chi connectivity index (χ1n) is 13.3. The summed E-state index contributed by atoms with van der Waals surface area (Å²) in [5.41, 5.74) is 0.978. The molecule has 228 valence electrons. The van der Waals surface area contributed by atoms with Gasteiger partial charge in [-0.05, 0) is 26.1 Å². The van der Waals surface area contributed by atoms with Gasteiger partial charge in [0.25, 0.3) is 10.1 Å². The number of aryl methyl sites for hydroxylation is 1. The summed E-state index contributed by atoms with van der Waals surface area (Å²) in [6.45, 7) is 10.3. The van der Waals surface area contributed by atoms with E-state index in [-0.39, 0.29) is 18.1 Å². The Balaban J connectivity index is 1.72. The van der Waals surface area contributed by atoms with Crippen molar-refractivity contribution in [2.45, 2.75) is 11.8 Å². The number of likely N-dealkylation sites (N-methyl/N-ethyl adjacent to an activating group) is 1. The highest BCUT2D eigenvalue weighted by atomic mass is 32.2. The average molecular weight is 582 g/mol. The lowest BCUT2D eigenvalue weighted by atomic mass is 10.2. The molecule has 1 aromatic carbocycles. The highest BCUT2D eigenvalue weighted by Crippen LogP contribution is 2.12. The van der Waals surface area contributed by atoms with E-state index in [1.807, 2.05) is 14.0 Å². The molecule has 0 spiro atoms. The van der Waals surface area contributed by atoms with Crippen molar-refractivity contribution in [3.63, 3.8) is 0 Å². The normalized spacial score (nSPS) is 11.8. The largest absolute Gasteiger partial charge is 0.378 e. The van der Waals surface area contributed by atoms with Crippen LogP contribution in [0.2, 0.25) is 0 Å². The lowest BCUT2D eigenvalue weighted by molar-refractivity contribution is -0.0235. The molecule has 0 fully saturated rings. The second-order valence-corrected chi connectivity index (χ2v) is 9.71. The Labute approximate surface area is 233 Å². The molecule has 0 saturated heterocycles. The van der Waals surface area contributed by atoms with Crippen LogP contribution in [0.5, 0.6) is 0 Å². The maximum Gasteiger partial charge on any atom is 0.297 e. The predicted molar refractivity (Wildman–Crippen MR) is 145 cm³/mol. The molecule has 13 heteroatoms. The Bertz CT molecular complexity index is 766. The first kappa shape index (κ1) is 35.8. The van der Waals surface area contributed by atoms with Crippen molar-refractivity contribution in [2.24, 2.45) is 0 Å². The van der Waals surface area contributed by atoms with Gasteiger partial charge in [0.2, 0.25) is 0 Å². The quantitative estimate of drug-likeness (QED) is 0.107. The first-order chi connectivity index (χ1) is 19.1. The van der Waals surface area contributed by atoms with Crippen LogP contribution in [0, 0.1) is 6.92 Å². The summed E-state index contributed by atoms with van der Waals surface area (Å²) in [7, 11) is -1.88. The van der Waals surface area contributed by atoms with Crippen LogP contribution in [0.4, 0.5) is 0 Å². The van der Waals surface area contributed by atoms with Crippen LogP contribution in [-0.4, -0.2) is 134 Å². The molecule has 0 heterocycles. The highest BCUT2D eigenvalue weighted by molar-refractivity contribution is 7.86. The van der Waals surface area contributed by atoms with Crippen molar-refractivity contribution in [1.82, 2.24) is 5.32 Å². The van der Waals surface area contributed by atoms with E-state index in [0.717, 1.165) is 12.1 Å². The molecular formula is C26H47NO11S. The summed E-state index contributed by atoms with van der Waals surface area (Å²) in [5.74, 6) is 0. The molecule has 39 heavy (non-hydrogen) atoms. The fraction of sp³-hybridized carbons (Fsp3) is 0.769. The number of ether oxygens (including phenoxy) is 8. The van der Waals surface area contributed by atoms with Crippen LogP contribution in [0.15, 0.2) is 29.2 Å². The molecule has 1 rings (SSSR count). The van der Waals surface area contributed by atoms with Crippen LogP contribution in [0.25, 0.3) is 0 Å². The maximum absolute atomic E-state index is 12.0. The number of benzene rings is 1. The third-order valence-corrected chi connectivity index (χ3v) is 6.20. The number of nitrogens with one attached hydrogen (secondary N) is 1. The van der Waals surface area contributed by atoms with Crippen molar-refractivity contribution in [2.75, 3.05) is 126 Å². The van der Waals surface area contributed by atoms with Crippen molar-refractivity contribution in [3.8, 4) is 0 Å². The molecule has 0 saturated carbocycles.